The third-order valence-electron chi connectivity index (χ3n) is 5.10. The molecule has 160 valence electrons. The lowest BCUT2D eigenvalue weighted by atomic mass is 9.86. The fraction of sp³-hybridized carbons (Fsp3) is 0.360. The quantitative estimate of drug-likeness (QED) is 0.421. The lowest BCUT2D eigenvalue weighted by molar-refractivity contribution is -0.131. The molecule has 0 atom stereocenters. The van der Waals surface area contributed by atoms with E-state index in [4.69, 9.17) is 9.84 Å². The van der Waals surface area contributed by atoms with E-state index in [1.54, 1.807) is 18.2 Å². The van der Waals surface area contributed by atoms with E-state index in [0.29, 0.717) is 18.7 Å². The van der Waals surface area contributed by atoms with Crippen LogP contribution >= 0.6 is 0 Å². The predicted octanol–water partition coefficient (Wildman–Crippen LogP) is 5.53. The Bertz CT molecular complexity index is 944. The van der Waals surface area contributed by atoms with Crippen LogP contribution in [-0.4, -0.2) is 23.6 Å². The first kappa shape index (κ1) is 23.2. The fourth-order valence-corrected chi connectivity index (χ4v) is 3.07. The van der Waals surface area contributed by atoms with Gasteiger partial charge in [0.1, 0.15) is 5.75 Å². The number of rotatable bonds is 9. The Kier molecular flexibility index (Phi) is 7.81. The van der Waals surface area contributed by atoms with Crippen molar-refractivity contribution in [3.8, 4) is 5.75 Å². The standard InChI is InChI=1S/C25H31NO4/c1-17-7-8-18(2)22(15-17)30-14-6-13-25(4,5)24(29)26-21-11-9-20(19(3)16-21)10-12-23(27)28/h7-12,15-16H,6,13-14H2,1-5H3,(H,26,29)(H,27,28)/b12-10+. The van der Waals surface area contributed by atoms with Gasteiger partial charge in [0.15, 0.2) is 0 Å². The number of amides is 1. The Labute approximate surface area is 178 Å². The maximum atomic E-state index is 12.8. The molecule has 0 radical (unpaired) electrons. The molecule has 5 nitrogen and oxygen atoms in total. The number of benzene rings is 2. The SMILES string of the molecule is Cc1ccc(C)c(OCCCC(C)(C)C(=O)Nc2ccc(/C=C/C(=O)O)c(C)c2)c1. The van der Waals surface area contributed by atoms with Gasteiger partial charge >= 0.3 is 5.97 Å². The summed E-state index contributed by atoms with van der Waals surface area (Å²) < 4.78 is 5.90. The third kappa shape index (κ3) is 6.76. The average molecular weight is 410 g/mol. The predicted molar refractivity (Wildman–Crippen MR) is 121 cm³/mol. The molecule has 0 spiro atoms. The minimum absolute atomic E-state index is 0.0533. The molecular weight excluding hydrogens is 378 g/mol. The van der Waals surface area contributed by atoms with Crippen molar-refractivity contribution < 1.29 is 19.4 Å². The lowest BCUT2D eigenvalue weighted by Gasteiger charge is -2.24. The summed E-state index contributed by atoms with van der Waals surface area (Å²) in [5.74, 6) is -0.151. The number of carboxylic acids is 1. The number of ether oxygens (including phenoxy) is 1. The molecule has 1 amide bonds. The van der Waals surface area contributed by atoms with E-state index in [9.17, 15) is 9.59 Å². The van der Waals surface area contributed by atoms with Crippen LogP contribution in [0.15, 0.2) is 42.5 Å². The highest BCUT2D eigenvalue weighted by Crippen LogP contribution is 2.26. The van der Waals surface area contributed by atoms with Crippen LogP contribution < -0.4 is 10.1 Å². The molecule has 0 fully saturated rings. The van der Waals surface area contributed by atoms with Crippen molar-refractivity contribution in [2.45, 2.75) is 47.5 Å². The first-order valence-electron chi connectivity index (χ1n) is 10.1. The van der Waals surface area contributed by atoms with Gasteiger partial charge in [0.05, 0.1) is 6.61 Å². The highest BCUT2D eigenvalue weighted by molar-refractivity contribution is 5.95. The molecule has 30 heavy (non-hydrogen) atoms. The van der Waals surface area contributed by atoms with Crippen molar-refractivity contribution in [1.29, 1.82) is 0 Å². The van der Waals surface area contributed by atoms with Gasteiger partial charge in [-0.05, 0) is 80.1 Å². The molecule has 0 saturated heterocycles. The summed E-state index contributed by atoms with van der Waals surface area (Å²) in [7, 11) is 0. The van der Waals surface area contributed by atoms with Gasteiger partial charge in [-0.2, -0.15) is 0 Å². The Balaban J connectivity index is 1.90. The van der Waals surface area contributed by atoms with Crippen LogP contribution in [0.5, 0.6) is 5.75 Å². The van der Waals surface area contributed by atoms with Crippen molar-refractivity contribution in [3.05, 3.63) is 64.7 Å². The third-order valence-corrected chi connectivity index (χ3v) is 5.10. The normalized spacial score (nSPS) is 11.5. The van der Waals surface area contributed by atoms with Gasteiger partial charge in [0, 0.05) is 17.2 Å². The van der Waals surface area contributed by atoms with Crippen molar-refractivity contribution in [3.63, 3.8) is 0 Å². The molecule has 0 saturated carbocycles. The summed E-state index contributed by atoms with van der Waals surface area (Å²) in [5.41, 5.74) is 4.12. The average Bonchev–Trinajstić information content (AvgIpc) is 2.67. The van der Waals surface area contributed by atoms with Gasteiger partial charge < -0.3 is 15.2 Å². The molecule has 2 aromatic rings. The molecule has 0 heterocycles. The Hall–Kier alpha value is -3.08. The summed E-state index contributed by atoms with van der Waals surface area (Å²) in [5, 5.41) is 11.7. The molecule has 0 aliphatic rings. The number of carbonyl (C=O) groups is 2. The first-order valence-corrected chi connectivity index (χ1v) is 10.1. The molecule has 0 aromatic heterocycles. The van der Waals surface area contributed by atoms with Crippen molar-refractivity contribution in [2.75, 3.05) is 11.9 Å². The van der Waals surface area contributed by atoms with E-state index >= 15 is 0 Å². The van der Waals surface area contributed by atoms with Gasteiger partial charge in [-0.15, -0.1) is 0 Å². The minimum Gasteiger partial charge on any atom is -0.493 e. The number of aliphatic carboxylic acids is 1. The first-order chi connectivity index (χ1) is 14.1. The maximum Gasteiger partial charge on any atom is 0.328 e. The monoisotopic (exact) mass is 409 g/mol. The number of aryl methyl sites for hydroxylation is 3. The van der Waals surface area contributed by atoms with Crippen LogP contribution in [-0.2, 0) is 9.59 Å². The van der Waals surface area contributed by atoms with Gasteiger partial charge in [0.25, 0.3) is 0 Å². The van der Waals surface area contributed by atoms with Crippen molar-refractivity contribution >= 4 is 23.6 Å². The van der Waals surface area contributed by atoms with Crippen LogP contribution in [0.25, 0.3) is 6.08 Å². The summed E-state index contributed by atoms with van der Waals surface area (Å²) in [6, 6.07) is 11.6. The van der Waals surface area contributed by atoms with Gasteiger partial charge in [-0.3, -0.25) is 4.79 Å². The van der Waals surface area contributed by atoms with Gasteiger partial charge in [0.2, 0.25) is 5.91 Å². The van der Waals surface area contributed by atoms with E-state index in [0.717, 1.165) is 40.5 Å². The maximum absolute atomic E-state index is 12.8. The molecule has 2 N–H and O–H groups in total. The minimum atomic E-state index is -0.991. The smallest absolute Gasteiger partial charge is 0.328 e. The highest BCUT2D eigenvalue weighted by atomic mass is 16.5. The van der Waals surface area contributed by atoms with E-state index in [1.165, 1.54) is 0 Å². The zero-order chi connectivity index (χ0) is 22.3. The zero-order valence-electron chi connectivity index (χ0n) is 18.4. The van der Waals surface area contributed by atoms with Crippen LogP contribution in [0.1, 0.15) is 48.9 Å². The second-order valence-corrected chi connectivity index (χ2v) is 8.30. The molecule has 0 unspecified atom stereocenters. The summed E-state index contributed by atoms with van der Waals surface area (Å²) in [4.78, 5) is 23.4. The summed E-state index contributed by atoms with van der Waals surface area (Å²) >= 11 is 0. The fourth-order valence-electron chi connectivity index (χ4n) is 3.07. The molecule has 0 bridgehead atoms. The Morgan fingerprint density at radius 1 is 1.07 bits per heavy atom. The number of carboxylic acid groups (broad SMARTS) is 1. The number of nitrogens with one attached hydrogen (secondary N) is 1. The summed E-state index contributed by atoms with van der Waals surface area (Å²) in [6.45, 7) is 10.4. The Morgan fingerprint density at radius 2 is 1.80 bits per heavy atom. The van der Waals surface area contributed by atoms with Gasteiger partial charge in [-0.1, -0.05) is 32.0 Å². The number of anilines is 1. The second-order valence-electron chi connectivity index (χ2n) is 8.30. The van der Waals surface area contributed by atoms with Gasteiger partial charge in [-0.25, -0.2) is 4.79 Å². The van der Waals surface area contributed by atoms with E-state index in [-0.39, 0.29) is 5.91 Å². The van der Waals surface area contributed by atoms with Crippen molar-refractivity contribution in [2.24, 2.45) is 5.41 Å². The molecule has 5 heteroatoms. The summed E-state index contributed by atoms with van der Waals surface area (Å²) in [6.07, 6.45) is 4.11. The van der Waals surface area contributed by atoms with E-state index in [1.807, 2.05) is 52.8 Å². The topological polar surface area (TPSA) is 75.6 Å². The number of carbonyl (C=O) groups excluding carboxylic acids is 1. The molecule has 2 rings (SSSR count). The Morgan fingerprint density at radius 3 is 2.47 bits per heavy atom. The van der Waals surface area contributed by atoms with Crippen LogP contribution in [0.4, 0.5) is 5.69 Å². The van der Waals surface area contributed by atoms with Crippen LogP contribution in [0.3, 0.4) is 0 Å². The lowest BCUT2D eigenvalue weighted by Crippen LogP contribution is -2.31. The van der Waals surface area contributed by atoms with Crippen LogP contribution in [0.2, 0.25) is 0 Å². The number of hydrogen-bond donors (Lipinski definition) is 2. The molecule has 0 aliphatic carbocycles. The molecular formula is C25H31NO4. The van der Waals surface area contributed by atoms with Crippen LogP contribution in [0, 0.1) is 26.2 Å². The largest absolute Gasteiger partial charge is 0.493 e. The second kappa shape index (κ2) is 10.1. The molecule has 2 aromatic carbocycles. The highest BCUT2D eigenvalue weighted by Gasteiger charge is 2.27. The van der Waals surface area contributed by atoms with Crippen molar-refractivity contribution in [1.82, 2.24) is 0 Å². The van der Waals surface area contributed by atoms with E-state index in [2.05, 4.69) is 11.4 Å². The molecule has 0 aliphatic heterocycles. The zero-order valence-corrected chi connectivity index (χ0v) is 18.4. The van der Waals surface area contributed by atoms with E-state index < -0.39 is 11.4 Å². The number of hydrogen-bond acceptors (Lipinski definition) is 3.